The van der Waals surface area contributed by atoms with Gasteiger partial charge in [-0.3, -0.25) is 9.59 Å². The van der Waals surface area contributed by atoms with Crippen LogP contribution in [-0.4, -0.2) is 24.2 Å². The number of esters is 1. The lowest BCUT2D eigenvalue weighted by molar-refractivity contribution is -0.113. The van der Waals surface area contributed by atoms with Gasteiger partial charge in [-0.15, -0.1) is 0 Å². The summed E-state index contributed by atoms with van der Waals surface area (Å²) in [6.45, 7) is 0. The van der Waals surface area contributed by atoms with Gasteiger partial charge in [0.05, 0.1) is 23.3 Å². The molecule has 6 nitrogen and oxygen atoms in total. The first-order chi connectivity index (χ1) is 15.9. The van der Waals surface area contributed by atoms with Gasteiger partial charge in [-0.25, -0.2) is 9.69 Å². The number of carbonyl (C=O) groups is 3. The molecule has 0 unspecified atom stereocenters. The second-order valence-electron chi connectivity index (χ2n) is 6.80. The average Bonchev–Trinajstić information content (AvgIpc) is 3.08. The smallest absolute Gasteiger partial charge is 0.343 e. The molecule has 3 aromatic rings. The minimum absolute atomic E-state index is 0.212. The van der Waals surface area contributed by atoms with E-state index in [-0.39, 0.29) is 10.7 Å². The fourth-order valence-electron chi connectivity index (χ4n) is 3.03. The van der Waals surface area contributed by atoms with E-state index in [0.717, 1.165) is 16.7 Å². The number of nitrogens with zero attached hydrogens (tertiary/aromatic N) is 1. The van der Waals surface area contributed by atoms with E-state index < -0.39 is 17.1 Å². The molecule has 33 heavy (non-hydrogen) atoms. The minimum atomic E-state index is -0.568. The van der Waals surface area contributed by atoms with Crippen molar-refractivity contribution in [3.8, 4) is 11.5 Å². The Kier molecular flexibility index (Phi) is 6.74. The number of methoxy groups -OCH3 is 1. The second kappa shape index (κ2) is 9.70. The fourth-order valence-corrected chi connectivity index (χ4v) is 4.13. The molecule has 166 valence electrons. The van der Waals surface area contributed by atoms with Gasteiger partial charge in [0.15, 0.2) is 11.5 Å². The number of amides is 2. The highest BCUT2D eigenvalue weighted by Crippen LogP contribution is 2.37. The van der Waals surface area contributed by atoms with E-state index in [1.54, 1.807) is 72.8 Å². The predicted octanol–water partition coefficient (Wildman–Crippen LogP) is 6.46. The van der Waals surface area contributed by atoms with Crippen molar-refractivity contribution in [1.29, 1.82) is 0 Å². The zero-order valence-corrected chi connectivity index (χ0v) is 19.4. The molecule has 0 spiro atoms. The van der Waals surface area contributed by atoms with Crippen molar-refractivity contribution in [3.63, 3.8) is 0 Å². The Morgan fingerprint density at radius 1 is 0.909 bits per heavy atom. The maximum Gasteiger partial charge on any atom is 0.343 e. The van der Waals surface area contributed by atoms with E-state index in [1.165, 1.54) is 7.11 Å². The SMILES string of the molecule is COc1cc(/C=C2\SC(=O)N(c3ccc(Cl)cc3)C2=O)ccc1OC(=O)c1ccc(Cl)cc1. The largest absolute Gasteiger partial charge is 0.493 e. The Hall–Kier alpha value is -3.26. The molecule has 4 rings (SSSR count). The van der Waals surface area contributed by atoms with Crippen LogP contribution in [0.3, 0.4) is 0 Å². The van der Waals surface area contributed by atoms with Crippen molar-refractivity contribution in [2.45, 2.75) is 0 Å². The van der Waals surface area contributed by atoms with Gasteiger partial charge in [0.2, 0.25) is 0 Å². The minimum Gasteiger partial charge on any atom is -0.493 e. The second-order valence-corrected chi connectivity index (χ2v) is 8.67. The van der Waals surface area contributed by atoms with Crippen LogP contribution in [0.15, 0.2) is 71.6 Å². The molecule has 0 saturated carbocycles. The Morgan fingerprint density at radius 2 is 1.55 bits per heavy atom. The van der Waals surface area contributed by atoms with E-state index >= 15 is 0 Å². The van der Waals surface area contributed by atoms with Crippen LogP contribution in [0.2, 0.25) is 10.0 Å². The zero-order valence-electron chi connectivity index (χ0n) is 17.1. The van der Waals surface area contributed by atoms with Gasteiger partial charge in [0, 0.05) is 10.0 Å². The number of anilines is 1. The fraction of sp³-hybridized carbons (Fsp3) is 0.0417. The molecule has 1 heterocycles. The van der Waals surface area contributed by atoms with Crippen molar-refractivity contribution in [2.75, 3.05) is 12.0 Å². The van der Waals surface area contributed by atoms with Crippen LogP contribution >= 0.6 is 35.0 Å². The van der Waals surface area contributed by atoms with E-state index in [2.05, 4.69) is 0 Å². The summed E-state index contributed by atoms with van der Waals surface area (Å²) in [5.74, 6) is -0.502. The molecule has 1 aliphatic heterocycles. The molecule has 0 radical (unpaired) electrons. The lowest BCUT2D eigenvalue weighted by Gasteiger charge is -2.12. The summed E-state index contributed by atoms with van der Waals surface area (Å²) in [6.07, 6.45) is 1.58. The molecule has 1 fully saturated rings. The number of ether oxygens (including phenoxy) is 2. The first-order valence-corrected chi connectivity index (χ1v) is 11.1. The van der Waals surface area contributed by atoms with Crippen LogP contribution in [0.4, 0.5) is 10.5 Å². The molecule has 9 heteroatoms. The van der Waals surface area contributed by atoms with Gasteiger partial charge < -0.3 is 9.47 Å². The maximum absolute atomic E-state index is 12.8. The number of carbonyl (C=O) groups excluding carboxylic acids is 3. The van der Waals surface area contributed by atoms with Gasteiger partial charge in [-0.2, -0.15) is 0 Å². The normalized spacial score (nSPS) is 14.6. The van der Waals surface area contributed by atoms with Gasteiger partial charge in [-0.1, -0.05) is 29.3 Å². The number of hydrogen-bond acceptors (Lipinski definition) is 6. The molecule has 1 saturated heterocycles. The number of benzene rings is 3. The van der Waals surface area contributed by atoms with E-state index in [4.69, 9.17) is 32.7 Å². The molecular weight excluding hydrogens is 485 g/mol. The van der Waals surface area contributed by atoms with Crippen molar-refractivity contribution in [1.82, 2.24) is 0 Å². The topological polar surface area (TPSA) is 72.9 Å². The monoisotopic (exact) mass is 499 g/mol. The number of halogens is 2. The number of hydrogen-bond donors (Lipinski definition) is 0. The van der Waals surface area contributed by atoms with Crippen molar-refractivity contribution >= 4 is 63.8 Å². The molecule has 0 atom stereocenters. The van der Waals surface area contributed by atoms with Crippen LogP contribution in [0.5, 0.6) is 11.5 Å². The third-order valence-corrected chi connectivity index (χ3v) is 6.02. The number of rotatable bonds is 5. The lowest BCUT2D eigenvalue weighted by Crippen LogP contribution is -2.27. The number of imide groups is 1. The van der Waals surface area contributed by atoms with Crippen LogP contribution in [0.1, 0.15) is 15.9 Å². The van der Waals surface area contributed by atoms with Crippen molar-refractivity contribution < 1.29 is 23.9 Å². The molecule has 2 amide bonds. The van der Waals surface area contributed by atoms with Crippen LogP contribution in [0.25, 0.3) is 6.08 Å². The van der Waals surface area contributed by atoms with Crippen LogP contribution in [-0.2, 0) is 4.79 Å². The molecule has 3 aromatic carbocycles. The van der Waals surface area contributed by atoms with Crippen LogP contribution in [0, 0.1) is 0 Å². The molecule has 0 aromatic heterocycles. The zero-order chi connectivity index (χ0) is 23.5. The summed E-state index contributed by atoms with van der Waals surface area (Å²) in [5.41, 5.74) is 1.37. The number of thioether (sulfide) groups is 1. The molecule has 0 bridgehead atoms. The summed E-state index contributed by atoms with van der Waals surface area (Å²) in [5, 5.41) is 0.605. The Balaban J connectivity index is 1.55. The van der Waals surface area contributed by atoms with Gasteiger partial charge >= 0.3 is 5.97 Å². The van der Waals surface area contributed by atoms with Crippen molar-refractivity contribution in [2.24, 2.45) is 0 Å². The maximum atomic E-state index is 12.8. The summed E-state index contributed by atoms with van der Waals surface area (Å²) in [6, 6.07) is 17.6. The summed E-state index contributed by atoms with van der Waals surface area (Å²) in [4.78, 5) is 39.0. The Bertz CT molecular complexity index is 1270. The molecule has 0 aliphatic carbocycles. The highest BCUT2D eigenvalue weighted by Gasteiger charge is 2.36. The predicted molar refractivity (Wildman–Crippen MR) is 129 cm³/mol. The third kappa shape index (κ3) is 5.06. The van der Waals surface area contributed by atoms with E-state index in [9.17, 15) is 14.4 Å². The third-order valence-electron chi connectivity index (χ3n) is 4.65. The standard InChI is InChI=1S/C24H15Cl2NO5S/c1-31-20-12-14(2-11-19(20)32-23(29)15-3-5-16(25)6-4-15)13-21-22(28)27(24(30)33-21)18-9-7-17(26)8-10-18/h2-13H,1H3/b21-13-. The quantitative estimate of drug-likeness (QED) is 0.227. The Labute approximate surface area is 203 Å². The van der Waals surface area contributed by atoms with Gasteiger partial charge in [0.1, 0.15) is 0 Å². The van der Waals surface area contributed by atoms with Gasteiger partial charge in [-0.05, 0) is 84.1 Å². The summed E-state index contributed by atoms with van der Waals surface area (Å²) in [7, 11) is 1.44. The highest BCUT2D eigenvalue weighted by atomic mass is 35.5. The van der Waals surface area contributed by atoms with E-state index in [1.807, 2.05) is 0 Å². The molecule has 0 N–H and O–H groups in total. The first-order valence-electron chi connectivity index (χ1n) is 9.55. The first kappa shape index (κ1) is 22.9. The van der Waals surface area contributed by atoms with Crippen molar-refractivity contribution in [3.05, 3.63) is 92.8 Å². The molecule has 1 aliphatic rings. The summed E-state index contributed by atoms with van der Waals surface area (Å²) < 4.78 is 10.8. The van der Waals surface area contributed by atoms with Crippen LogP contribution < -0.4 is 14.4 Å². The van der Waals surface area contributed by atoms with E-state index in [0.29, 0.717) is 32.6 Å². The highest BCUT2D eigenvalue weighted by molar-refractivity contribution is 8.19. The lowest BCUT2D eigenvalue weighted by atomic mass is 10.1. The van der Waals surface area contributed by atoms with Gasteiger partial charge in [0.25, 0.3) is 11.1 Å². The Morgan fingerprint density at radius 3 is 2.18 bits per heavy atom. The molecular formula is C24H15Cl2NO5S. The summed E-state index contributed by atoms with van der Waals surface area (Å²) >= 11 is 12.6. The average molecular weight is 500 g/mol.